The second-order valence-electron chi connectivity index (χ2n) is 9.30. The van der Waals surface area contributed by atoms with Gasteiger partial charge in [-0.15, -0.1) is 11.3 Å². The van der Waals surface area contributed by atoms with Crippen LogP contribution in [0.15, 0.2) is 66.0 Å². The molecule has 0 unspecified atom stereocenters. The average molecular weight is 493 g/mol. The van der Waals surface area contributed by atoms with Gasteiger partial charge in [-0.2, -0.15) is 0 Å². The van der Waals surface area contributed by atoms with Crippen LogP contribution < -0.4 is 4.74 Å². The summed E-state index contributed by atoms with van der Waals surface area (Å²) in [5, 5.41) is 2.05. The number of hydrogen-bond donors (Lipinski definition) is 0. The Bertz CT molecular complexity index is 1160. The molecule has 1 aliphatic heterocycles. The zero-order valence-corrected chi connectivity index (χ0v) is 20.4. The lowest BCUT2D eigenvalue weighted by atomic mass is 10.0. The predicted octanol–water partition coefficient (Wildman–Crippen LogP) is 4.87. The minimum atomic E-state index is -0.317. The summed E-state index contributed by atoms with van der Waals surface area (Å²) in [6, 6.07) is 17.4. The summed E-state index contributed by atoms with van der Waals surface area (Å²) in [6.45, 7) is 1.58. The minimum Gasteiger partial charge on any atom is -0.491 e. The summed E-state index contributed by atoms with van der Waals surface area (Å²) in [5.41, 5.74) is 2.05. The van der Waals surface area contributed by atoms with Crippen LogP contribution >= 0.6 is 11.3 Å². The fourth-order valence-electron chi connectivity index (χ4n) is 4.58. The molecule has 1 saturated carbocycles. The van der Waals surface area contributed by atoms with Gasteiger partial charge in [0.1, 0.15) is 18.2 Å². The SMILES string of the molecule is O=C(Cc1ccccc1)N(CC(=O)N1CCc2sccc2[C@@H]1COc1ccc(F)cc1)CC1CC1. The monoisotopic (exact) mass is 492 g/mol. The van der Waals surface area contributed by atoms with Crippen LogP contribution in [-0.4, -0.2) is 47.9 Å². The third-order valence-electron chi connectivity index (χ3n) is 6.69. The molecule has 1 fully saturated rings. The first-order valence-corrected chi connectivity index (χ1v) is 13.0. The van der Waals surface area contributed by atoms with Crippen molar-refractivity contribution in [2.45, 2.75) is 31.7 Å². The van der Waals surface area contributed by atoms with Gasteiger partial charge < -0.3 is 14.5 Å². The molecule has 1 atom stereocenters. The van der Waals surface area contributed by atoms with Crippen LogP contribution in [0.25, 0.3) is 0 Å². The Labute approximate surface area is 209 Å². The molecule has 0 N–H and O–H groups in total. The van der Waals surface area contributed by atoms with Crippen LogP contribution in [0.2, 0.25) is 0 Å². The number of halogens is 1. The first-order valence-electron chi connectivity index (χ1n) is 12.1. The Balaban J connectivity index is 1.30. The smallest absolute Gasteiger partial charge is 0.242 e. The van der Waals surface area contributed by atoms with E-state index in [1.54, 1.807) is 28.4 Å². The molecule has 2 amide bonds. The molecule has 1 aliphatic carbocycles. The van der Waals surface area contributed by atoms with Crippen molar-refractivity contribution in [2.75, 3.05) is 26.2 Å². The number of thiophene rings is 1. The molecule has 0 bridgehead atoms. The standard InChI is InChI=1S/C28H29FN2O3S/c29-22-8-10-23(11-9-22)34-19-25-24-13-15-35-26(24)12-14-31(25)28(33)18-30(17-21-6-7-21)27(32)16-20-4-2-1-3-5-20/h1-5,8-11,13,15,21,25H,6-7,12,14,16-19H2/t25-/m0/s1. The topological polar surface area (TPSA) is 49.9 Å². The number of fused-ring (bicyclic) bond motifs is 1. The Morgan fingerprint density at radius 2 is 1.83 bits per heavy atom. The van der Waals surface area contributed by atoms with Crippen molar-refractivity contribution in [2.24, 2.45) is 5.92 Å². The number of rotatable bonds is 9. The van der Waals surface area contributed by atoms with Gasteiger partial charge in [-0.1, -0.05) is 30.3 Å². The van der Waals surface area contributed by atoms with E-state index in [0.717, 1.165) is 30.4 Å². The normalized spacial score (nSPS) is 17.1. The van der Waals surface area contributed by atoms with E-state index >= 15 is 0 Å². The average Bonchev–Trinajstić information content (AvgIpc) is 3.56. The highest BCUT2D eigenvalue weighted by Gasteiger charge is 2.35. The summed E-state index contributed by atoms with van der Waals surface area (Å²) < 4.78 is 19.3. The van der Waals surface area contributed by atoms with Crippen molar-refractivity contribution in [1.29, 1.82) is 0 Å². The molecule has 0 radical (unpaired) electrons. The van der Waals surface area contributed by atoms with Gasteiger partial charge >= 0.3 is 0 Å². The van der Waals surface area contributed by atoms with Crippen molar-refractivity contribution in [1.82, 2.24) is 9.80 Å². The third kappa shape index (κ3) is 5.90. The molecule has 3 aromatic rings. The van der Waals surface area contributed by atoms with Gasteiger partial charge in [0.25, 0.3) is 0 Å². The molecule has 1 aromatic heterocycles. The number of ether oxygens (including phenoxy) is 1. The summed E-state index contributed by atoms with van der Waals surface area (Å²) in [6.07, 6.45) is 3.32. The lowest BCUT2D eigenvalue weighted by molar-refractivity contribution is -0.142. The molecule has 2 aromatic carbocycles. The maximum absolute atomic E-state index is 13.6. The first-order chi connectivity index (χ1) is 17.1. The predicted molar refractivity (Wildman–Crippen MR) is 134 cm³/mol. The van der Waals surface area contributed by atoms with E-state index < -0.39 is 0 Å². The summed E-state index contributed by atoms with van der Waals surface area (Å²) >= 11 is 1.70. The highest BCUT2D eigenvalue weighted by atomic mass is 32.1. The fourth-order valence-corrected chi connectivity index (χ4v) is 5.51. The number of amides is 2. The van der Waals surface area contributed by atoms with Gasteiger partial charge in [0.05, 0.1) is 19.0 Å². The van der Waals surface area contributed by atoms with E-state index in [4.69, 9.17) is 4.74 Å². The van der Waals surface area contributed by atoms with E-state index in [2.05, 4.69) is 6.07 Å². The highest BCUT2D eigenvalue weighted by Crippen LogP contribution is 2.34. The quantitative estimate of drug-likeness (QED) is 0.428. The van der Waals surface area contributed by atoms with Gasteiger partial charge in [0.2, 0.25) is 11.8 Å². The van der Waals surface area contributed by atoms with Crippen LogP contribution in [0.3, 0.4) is 0 Å². The zero-order valence-electron chi connectivity index (χ0n) is 19.6. The molecular formula is C28H29FN2O3S. The van der Waals surface area contributed by atoms with E-state index in [-0.39, 0.29) is 36.8 Å². The molecular weight excluding hydrogens is 463 g/mol. The van der Waals surface area contributed by atoms with Gasteiger partial charge in [-0.3, -0.25) is 9.59 Å². The van der Waals surface area contributed by atoms with Crippen LogP contribution in [0, 0.1) is 11.7 Å². The van der Waals surface area contributed by atoms with Gasteiger partial charge in [0.15, 0.2) is 0 Å². The third-order valence-corrected chi connectivity index (χ3v) is 7.69. The lowest BCUT2D eigenvalue weighted by Crippen LogP contribution is -2.48. The second-order valence-corrected chi connectivity index (χ2v) is 10.3. The van der Waals surface area contributed by atoms with Gasteiger partial charge in [0, 0.05) is 18.0 Å². The van der Waals surface area contributed by atoms with E-state index in [1.807, 2.05) is 40.6 Å². The van der Waals surface area contributed by atoms with E-state index in [9.17, 15) is 14.0 Å². The molecule has 0 spiro atoms. The summed E-state index contributed by atoms with van der Waals surface area (Å²) in [7, 11) is 0. The molecule has 0 saturated heterocycles. The largest absolute Gasteiger partial charge is 0.491 e. The molecule has 2 aliphatic rings. The molecule has 7 heteroatoms. The number of carbonyl (C=O) groups excluding carboxylic acids is 2. The number of carbonyl (C=O) groups is 2. The van der Waals surface area contributed by atoms with Crippen molar-refractivity contribution in [3.8, 4) is 5.75 Å². The molecule has 2 heterocycles. The Kier molecular flexibility index (Phi) is 7.13. The first kappa shape index (κ1) is 23.5. The summed E-state index contributed by atoms with van der Waals surface area (Å²) in [4.78, 5) is 31.6. The number of benzene rings is 2. The molecule has 182 valence electrons. The number of nitrogens with zero attached hydrogens (tertiary/aromatic N) is 2. The van der Waals surface area contributed by atoms with Crippen molar-refractivity contribution in [3.05, 3.63) is 87.9 Å². The van der Waals surface area contributed by atoms with Crippen molar-refractivity contribution in [3.63, 3.8) is 0 Å². The Morgan fingerprint density at radius 1 is 1.06 bits per heavy atom. The highest BCUT2D eigenvalue weighted by molar-refractivity contribution is 7.10. The summed E-state index contributed by atoms with van der Waals surface area (Å²) in [5.74, 6) is 0.669. The van der Waals surface area contributed by atoms with Crippen LogP contribution in [0.4, 0.5) is 4.39 Å². The Morgan fingerprint density at radius 3 is 2.57 bits per heavy atom. The van der Waals surface area contributed by atoms with E-state index in [0.29, 0.717) is 31.2 Å². The second kappa shape index (κ2) is 10.6. The van der Waals surface area contributed by atoms with Crippen molar-refractivity contribution >= 4 is 23.2 Å². The van der Waals surface area contributed by atoms with Crippen LogP contribution in [0.1, 0.15) is 34.9 Å². The van der Waals surface area contributed by atoms with E-state index in [1.165, 1.54) is 17.0 Å². The van der Waals surface area contributed by atoms with Crippen LogP contribution in [0.5, 0.6) is 5.75 Å². The lowest BCUT2D eigenvalue weighted by Gasteiger charge is -2.37. The maximum atomic E-state index is 13.6. The van der Waals surface area contributed by atoms with Gasteiger partial charge in [-0.05, 0) is 72.0 Å². The molecule has 35 heavy (non-hydrogen) atoms. The zero-order chi connectivity index (χ0) is 24.2. The van der Waals surface area contributed by atoms with Crippen LogP contribution in [-0.2, 0) is 22.4 Å². The fraction of sp³-hybridized carbons (Fsp3) is 0.357. The molecule has 5 nitrogen and oxygen atoms in total. The van der Waals surface area contributed by atoms with Crippen molar-refractivity contribution < 1.29 is 18.7 Å². The van der Waals surface area contributed by atoms with Gasteiger partial charge in [-0.25, -0.2) is 4.39 Å². The Hall–Kier alpha value is -3.19. The maximum Gasteiger partial charge on any atom is 0.242 e. The minimum absolute atomic E-state index is 0.0104. The number of hydrogen-bond acceptors (Lipinski definition) is 4. The molecule has 5 rings (SSSR count).